The standard InChI is InChI=1S/C50H92/c1-3-5-7-9-11-13-16-41-20-24-43(25-21-41)28-30-45-32-36-47(37-33-45)49-18-15-19-50(40-49)48-38-34-46(35-39-48)31-29-44-26-22-42(23-27-44)17-14-12-10-8-6-4-2/h41-50H,3-40H2,1-2H3. The van der Waals surface area contributed by atoms with Crippen LogP contribution in [0.15, 0.2) is 0 Å². The Hall–Kier alpha value is 0. The van der Waals surface area contributed by atoms with Crippen molar-refractivity contribution in [1.82, 2.24) is 0 Å². The highest BCUT2D eigenvalue weighted by Gasteiger charge is 2.36. The molecule has 0 nitrogen and oxygen atoms in total. The first-order valence-electron chi connectivity index (χ1n) is 24.7. The van der Waals surface area contributed by atoms with Crippen molar-refractivity contribution < 1.29 is 0 Å². The lowest BCUT2D eigenvalue weighted by Crippen LogP contribution is -2.31. The number of rotatable bonds is 22. The highest BCUT2D eigenvalue weighted by Crippen LogP contribution is 2.48. The third kappa shape index (κ3) is 15.0. The Morgan fingerprint density at radius 3 is 0.880 bits per heavy atom. The summed E-state index contributed by atoms with van der Waals surface area (Å²) < 4.78 is 0. The van der Waals surface area contributed by atoms with Crippen LogP contribution >= 0.6 is 0 Å². The predicted molar refractivity (Wildman–Crippen MR) is 222 cm³/mol. The number of unbranched alkanes of at least 4 members (excludes halogenated alkanes) is 10. The van der Waals surface area contributed by atoms with Gasteiger partial charge in [0.05, 0.1) is 0 Å². The molecule has 5 fully saturated rings. The molecule has 5 aliphatic rings. The molecule has 0 radical (unpaired) electrons. The van der Waals surface area contributed by atoms with E-state index in [2.05, 4.69) is 13.8 Å². The van der Waals surface area contributed by atoms with Gasteiger partial charge in [-0.15, -0.1) is 0 Å². The summed E-state index contributed by atoms with van der Waals surface area (Å²) in [5.74, 6) is 10.9. The highest BCUT2D eigenvalue weighted by molar-refractivity contribution is 4.87. The highest BCUT2D eigenvalue weighted by atomic mass is 14.4. The Morgan fingerprint density at radius 2 is 0.540 bits per heavy atom. The van der Waals surface area contributed by atoms with E-state index in [0.717, 1.165) is 59.2 Å². The van der Waals surface area contributed by atoms with Crippen molar-refractivity contribution in [2.24, 2.45) is 59.2 Å². The quantitative estimate of drug-likeness (QED) is 0.0991. The maximum atomic E-state index is 2.33. The first kappa shape index (κ1) is 41.2. The van der Waals surface area contributed by atoms with Gasteiger partial charge < -0.3 is 0 Å². The topological polar surface area (TPSA) is 0 Å². The van der Waals surface area contributed by atoms with Gasteiger partial charge >= 0.3 is 0 Å². The summed E-state index contributed by atoms with van der Waals surface area (Å²) in [6.07, 6.45) is 58.7. The molecule has 5 saturated carbocycles. The Bertz CT molecular complexity index is 730. The zero-order chi connectivity index (χ0) is 34.6. The molecule has 0 aliphatic heterocycles. The van der Waals surface area contributed by atoms with E-state index in [4.69, 9.17) is 0 Å². The van der Waals surface area contributed by atoms with Crippen molar-refractivity contribution in [2.75, 3.05) is 0 Å². The molecule has 50 heavy (non-hydrogen) atoms. The largest absolute Gasteiger partial charge is 0.0654 e. The van der Waals surface area contributed by atoms with Crippen LogP contribution in [-0.2, 0) is 0 Å². The van der Waals surface area contributed by atoms with E-state index in [9.17, 15) is 0 Å². The molecular weight excluding hydrogens is 601 g/mol. The molecule has 292 valence electrons. The smallest absolute Gasteiger partial charge is 0.0383 e. The summed E-state index contributed by atoms with van der Waals surface area (Å²) in [7, 11) is 0. The van der Waals surface area contributed by atoms with E-state index in [-0.39, 0.29) is 0 Å². The molecule has 0 heteroatoms. The lowest BCUT2D eigenvalue weighted by atomic mass is 9.63. The van der Waals surface area contributed by atoms with Crippen LogP contribution in [0.25, 0.3) is 0 Å². The van der Waals surface area contributed by atoms with Crippen molar-refractivity contribution in [3.8, 4) is 0 Å². The minimum atomic E-state index is 1.08. The molecule has 0 amide bonds. The molecule has 0 aromatic carbocycles. The third-order valence-corrected chi connectivity index (χ3v) is 16.7. The second-order valence-corrected chi connectivity index (χ2v) is 20.3. The van der Waals surface area contributed by atoms with Crippen LogP contribution in [0.2, 0.25) is 0 Å². The molecule has 0 saturated heterocycles. The van der Waals surface area contributed by atoms with E-state index in [1.807, 2.05) is 0 Å². The van der Waals surface area contributed by atoms with E-state index in [0.29, 0.717) is 0 Å². The molecule has 0 bridgehead atoms. The fourth-order valence-corrected chi connectivity index (χ4v) is 13.0. The summed E-state index contributed by atoms with van der Waals surface area (Å²) in [6, 6.07) is 0. The zero-order valence-corrected chi connectivity index (χ0v) is 34.6. The molecule has 0 aromatic rings. The van der Waals surface area contributed by atoms with Crippen LogP contribution in [0.1, 0.15) is 258 Å². The normalized spacial score (nSPS) is 35.6. The van der Waals surface area contributed by atoms with Crippen molar-refractivity contribution in [1.29, 1.82) is 0 Å². The summed E-state index contributed by atoms with van der Waals surface area (Å²) >= 11 is 0. The van der Waals surface area contributed by atoms with Gasteiger partial charge in [-0.1, -0.05) is 226 Å². The Balaban J connectivity index is 0.871. The van der Waals surface area contributed by atoms with E-state index in [1.165, 1.54) is 77.0 Å². The summed E-state index contributed by atoms with van der Waals surface area (Å²) in [6.45, 7) is 4.67. The first-order valence-corrected chi connectivity index (χ1v) is 24.7. The van der Waals surface area contributed by atoms with Crippen LogP contribution in [0.4, 0.5) is 0 Å². The van der Waals surface area contributed by atoms with Crippen LogP contribution in [0.5, 0.6) is 0 Å². The maximum absolute atomic E-state index is 2.33. The second kappa shape index (κ2) is 24.4. The van der Waals surface area contributed by atoms with Crippen LogP contribution in [-0.4, -0.2) is 0 Å². The predicted octanol–water partition coefficient (Wildman–Crippen LogP) is 17.1. The fourth-order valence-electron chi connectivity index (χ4n) is 13.0. The average molecular weight is 693 g/mol. The van der Waals surface area contributed by atoms with Gasteiger partial charge in [0.25, 0.3) is 0 Å². The van der Waals surface area contributed by atoms with Crippen LogP contribution in [0.3, 0.4) is 0 Å². The van der Waals surface area contributed by atoms with Crippen molar-refractivity contribution >= 4 is 0 Å². The Kier molecular flexibility index (Phi) is 20.1. The van der Waals surface area contributed by atoms with Crippen molar-refractivity contribution in [3.63, 3.8) is 0 Å². The van der Waals surface area contributed by atoms with Crippen molar-refractivity contribution in [3.05, 3.63) is 0 Å². The van der Waals surface area contributed by atoms with Gasteiger partial charge in [0, 0.05) is 0 Å². The average Bonchev–Trinajstić information content (AvgIpc) is 3.17. The molecule has 0 heterocycles. The van der Waals surface area contributed by atoms with Crippen LogP contribution in [0, 0.1) is 59.2 Å². The molecular formula is C50H92. The first-order chi connectivity index (χ1) is 24.7. The lowest BCUT2D eigenvalue weighted by Gasteiger charge is -2.42. The van der Waals surface area contributed by atoms with Gasteiger partial charge in [0.1, 0.15) is 0 Å². The monoisotopic (exact) mass is 693 g/mol. The summed E-state index contributed by atoms with van der Waals surface area (Å²) in [5.41, 5.74) is 0. The maximum Gasteiger partial charge on any atom is -0.0383 e. The van der Waals surface area contributed by atoms with Crippen LogP contribution < -0.4 is 0 Å². The van der Waals surface area contributed by atoms with Crippen molar-refractivity contribution in [2.45, 2.75) is 258 Å². The molecule has 0 spiro atoms. The Morgan fingerprint density at radius 1 is 0.260 bits per heavy atom. The summed E-state index contributed by atoms with van der Waals surface area (Å²) in [4.78, 5) is 0. The van der Waals surface area contributed by atoms with E-state index < -0.39 is 0 Å². The molecule has 2 unspecified atom stereocenters. The van der Waals surface area contributed by atoms with E-state index in [1.54, 1.807) is 167 Å². The fraction of sp³-hybridized carbons (Fsp3) is 1.00. The number of hydrogen-bond acceptors (Lipinski definition) is 0. The van der Waals surface area contributed by atoms with E-state index >= 15 is 0 Å². The lowest BCUT2D eigenvalue weighted by molar-refractivity contribution is 0.0889. The Labute approximate surface area is 316 Å². The molecule has 0 N–H and O–H groups in total. The van der Waals surface area contributed by atoms with Gasteiger partial charge in [0.2, 0.25) is 0 Å². The van der Waals surface area contributed by atoms with Gasteiger partial charge in [0.15, 0.2) is 0 Å². The molecule has 2 atom stereocenters. The SMILES string of the molecule is CCCCCCCCC1CCC(CCC2CCC(C3CCCC(C4CCC(CCC5CCC(CCCCCCCC)CC5)CC4)C3)CC2)CC1. The minimum Gasteiger partial charge on any atom is -0.0654 e. The second-order valence-electron chi connectivity index (χ2n) is 20.3. The van der Waals surface area contributed by atoms with Gasteiger partial charge in [-0.05, 0) is 91.3 Å². The summed E-state index contributed by atoms with van der Waals surface area (Å²) in [5, 5.41) is 0. The number of hydrogen-bond donors (Lipinski definition) is 0. The molecule has 5 rings (SSSR count). The minimum absolute atomic E-state index is 1.08. The third-order valence-electron chi connectivity index (χ3n) is 16.7. The molecule has 5 aliphatic carbocycles. The van der Waals surface area contributed by atoms with Gasteiger partial charge in [-0.2, -0.15) is 0 Å². The molecule has 0 aromatic heterocycles. The van der Waals surface area contributed by atoms with Gasteiger partial charge in [-0.25, -0.2) is 0 Å². The zero-order valence-electron chi connectivity index (χ0n) is 34.6. The van der Waals surface area contributed by atoms with Gasteiger partial charge in [-0.3, -0.25) is 0 Å².